The number of benzene rings is 5. The van der Waals surface area contributed by atoms with Crippen molar-refractivity contribution < 1.29 is 8.85 Å². The lowest BCUT2D eigenvalue weighted by Crippen LogP contribution is -2.23. The van der Waals surface area contributed by atoms with Crippen molar-refractivity contribution in [1.82, 2.24) is 9.55 Å². The van der Waals surface area contributed by atoms with Gasteiger partial charge in [0, 0.05) is 44.6 Å². The van der Waals surface area contributed by atoms with Crippen LogP contribution >= 0.6 is 0 Å². The Kier molecular flexibility index (Phi) is 4.96. The first kappa shape index (κ1) is 21.2. The lowest BCUT2D eigenvalue weighted by Gasteiger charge is -2.22. The van der Waals surface area contributed by atoms with Crippen LogP contribution in [0.15, 0.2) is 140 Å². The second-order valence-corrected chi connectivity index (χ2v) is 10.4. The molecular formula is C37H28N4O. The number of nitrogens with zero attached hydrogens (tertiary/aromatic N) is 4. The molecule has 7 aromatic rings. The fourth-order valence-electron chi connectivity index (χ4n) is 5.92. The van der Waals surface area contributed by atoms with Gasteiger partial charge in [0.25, 0.3) is 0 Å². The second-order valence-electron chi connectivity index (χ2n) is 10.4. The summed E-state index contributed by atoms with van der Waals surface area (Å²) >= 11 is 0. The molecule has 0 spiro atoms. The monoisotopic (exact) mass is 547 g/mol. The third-order valence-corrected chi connectivity index (χ3v) is 7.80. The molecule has 2 aromatic heterocycles. The highest BCUT2D eigenvalue weighted by Crippen LogP contribution is 2.44. The number of para-hydroxylation sites is 4. The SMILES string of the molecule is [2H]C([2H])([2H])c1ccnc(-n2c3ccccc3c3ccc(Oc4cccc(N5CN(c6ccccc6)c6ccccc65)c4)cc32)c1. The topological polar surface area (TPSA) is 33.5 Å². The van der Waals surface area contributed by atoms with Gasteiger partial charge in [-0.1, -0.05) is 54.6 Å². The predicted octanol–water partition coefficient (Wildman–Crippen LogP) is 9.53. The molecule has 0 amide bonds. The molecule has 1 aliphatic heterocycles. The molecule has 3 heterocycles. The largest absolute Gasteiger partial charge is 0.457 e. The van der Waals surface area contributed by atoms with Crippen LogP contribution in [0.2, 0.25) is 0 Å². The van der Waals surface area contributed by atoms with Crippen molar-refractivity contribution in [2.45, 2.75) is 6.85 Å². The van der Waals surface area contributed by atoms with E-state index < -0.39 is 6.85 Å². The van der Waals surface area contributed by atoms with Gasteiger partial charge in [0.05, 0.1) is 22.4 Å². The molecule has 0 saturated heterocycles. The Bertz CT molecular complexity index is 2190. The fourth-order valence-corrected chi connectivity index (χ4v) is 5.92. The molecule has 0 atom stereocenters. The average Bonchev–Trinajstić information content (AvgIpc) is 3.61. The van der Waals surface area contributed by atoms with Gasteiger partial charge >= 0.3 is 0 Å². The minimum Gasteiger partial charge on any atom is -0.457 e. The van der Waals surface area contributed by atoms with Crippen molar-refractivity contribution in [2.75, 3.05) is 16.5 Å². The molecule has 5 heteroatoms. The molecule has 0 bridgehead atoms. The number of anilines is 4. The van der Waals surface area contributed by atoms with Crippen molar-refractivity contribution in [3.8, 4) is 17.3 Å². The van der Waals surface area contributed by atoms with Crippen molar-refractivity contribution >= 4 is 44.6 Å². The van der Waals surface area contributed by atoms with Gasteiger partial charge in [-0.25, -0.2) is 4.98 Å². The number of pyridine rings is 1. The molecular weight excluding hydrogens is 516 g/mol. The number of fused-ring (bicyclic) bond motifs is 4. The van der Waals surface area contributed by atoms with Crippen LogP contribution in [-0.4, -0.2) is 16.2 Å². The van der Waals surface area contributed by atoms with E-state index in [1.54, 1.807) is 18.3 Å². The Hall–Kier alpha value is -5.55. The normalized spacial score (nSPS) is 14.0. The van der Waals surface area contributed by atoms with E-state index in [1.807, 2.05) is 53.1 Å². The molecule has 0 aliphatic carbocycles. The van der Waals surface area contributed by atoms with Crippen LogP contribution in [0.3, 0.4) is 0 Å². The minimum atomic E-state index is -2.23. The standard InChI is InChI=1S/C37H28N4O/c1-26-20-21-38-37(22-26)41-33-15-6-5-14-31(33)32-19-18-30(24-36(32)41)42-29-13-9-12-28(23-29)40-25-39(27-10-3-2-4-11-27)34-16-7-8-17-35(34)40/h2-24H,25H2,1H3/i1D3. The Morgan fingerprint density at radius 2 is 1.33 bits per heavy atom. The molecule has 8 rings (SSSR count). The molecule has 5 nitrogen and oxygen atoms in total. The van der Waals surface area contributed by atoms with Gasteiger partial charge in [-0.3, -0.25) is 4.57 Å². The molecule has 0 fully saturated rings. The first-order chi connectivity index (χ1) is 21.9. The van der Waals surface area contributed by atoms with Crippen molar-refractivity contribution in [3.05, 3.63) is 145 Å². The van der Waals surface area contributed by atoms with Crippen LogP contribution in [0.1, 0.15) is 9.68 Å². The maximum Gasteiger partial charge on any atom is 0.137 e. The summed E-state index contributed by atoms with van der Waals surface area (Å²) in [5.41, 5.74) is 6.53. The molecule has 1 aliphatic rings. The molecule has 0 radical (unpaired) electrons. The highest BCUT2D eigenvalue weighted by molar-refractivity contribution is 6.09. The van der Waals surface area contributed by atoms with Crippen LogP contribution in [0.4, 0.5) is 22.7 Å². The van der Waals surface area contributed by atoms with Crippen LogP contribution in [0, 0.1) is 6.85 Å². The van der Waals surface area contributed by atoms with Crippen LogP contribution in [-0.2, 0) is 0 Å². The molecule has 0 unspecified atom stereocenters. The van der Waals surface area contributed by atoms with E-state index >= 15 is 0 Å². The summed E-state index contributed by atoms with van der Waals surface area (Å²) in [5, 5.41) is 2.08. The second kappa shape index (κ2) is 9.82. The summed E-state index contributed by atoms with van der Waals surface area (Å²) in [5.74, 6) is 1.93. The number of hydrogen-bond acceptors (Lipinski definition) is 4. The maximum atomic E-state index is 7.92. The Labute approximate surface area is 248 Å². The Morgan fingerprint density at radius 3 is 2.19 bits per heavy atom. The summed E-state index contributed by atoms with van der Waals surface area (Å²) < 4.78 is 32.3. The summed E-state index contributed by atoms with van der Waals surface area (Å²) in [6, 6.07) is 44.3. The van der Waals surface area contributed by atoms with Crippen molar-refractivity contribution in [2.24, 2.45) is 0 Å². The number of rotatable bonds is 5. The third-order valence-electron chi connectivity index (χ3n) is 7.80. The first-order valence-electron chi connectivity index (χ1n) is 15.4. The highest BCUT2D eigenvalue weighted by Gasteiger charge is 2.27. The Balaban J connectivity index is 1.17. The minimum absolute atomic E-state index is 0.247. The number of aromatic nitrogens is 2. The van der Waals surface area contributed by atoms with Gasteiger partial charge < -0.3 is 14.5 Å². The highest BCUT2D eigenvalue weighted by atomic mass is 16.5. The van der Waals surface area contributed by atoms with E-state index in [4.69, 9.17) is 8.85 Å². The van der Waals surface area contributed by atoms with Crippen molar-refractivity contribution in [1.29, 1.82) is 0 Å². The van der Waals surface area contributed by atoms with E-state index in [2.05, 4.69) is 87.6 Å². The molecule has 202 valence electrons. The van der Waals surface area contributed by atoms with Crippen LogP contribution < -0.4 is 14.5 Å². The van der Waals surface area contributed by atoms with E-state index in [0.29, 0.717) is 24.0 Å². The maximum absolute atomic E-state index is 7.92. The van der Waals surface area contributed by atoms with Crippen LogP contribution in [0.25, 0.3) is 27.6 Å². The lowest BCUT2D eigenvalue weighted by atomic mass is 10.1. The third kappa shape index (κ3) is 4.06. The summed E-state index contributed by atoms with van der Waals surface area (Å²) in [6.45, 7) is -1.55. The first-order valence-corrected chi connectivity index (χ1v) is 13.9. The van der Waals surface area contributed by atoms with Gasteiger partial charge in [0.15, 0.2) is 0 Å². The zero-order valence-electron chi connectivity index (χ0n) is 25.7. The quantitative estimate of drug-likeness (QED) is 0.215. The van der Waals surface area contributed by atoms with Crippen LogP contribution in [0.5, 0.6) is 11.5 Å². The smallest absolute Gasteiger partial charge is 0.137 e. The van der Waals surface area contributed by atoms with Gasteiger partial charge in [-0.2, -0.15) is 0 Å². The lowest BCUT2D eigenvalue weighted by molar-refractivity contribution is 0.483. The molecule has 0 N–H and O–H groups in total. The fraction of sp³-hybridized carbons (Fsp3) is 0.0541. The van der Waals surface area contributed by atoms with Gasteiger partial charge in [0.1, 0.15) is 24.0 Å². The van der Waals surface area contributed by atoms with Gasteiger partial charge in [-0.15, -0.1) is 0 Å². The predicted molar refractivity (Wildman–Crippen MR) is 172 cm³/mol. The van der Waals surface area contributed by atoms with E-state index in [9.17, 15) is 0 Å². The summed E-state index contributed by atoms with van der Waals surface area (Å²) in [4.78, 5) is 9.18. The Morgan fingerprint density at radius 1 is 0.619 bits per heavy atom. The van der Waals surface area contributed by atoms with Gasteiger partial charge in [-0.05, 0) is 79.1 Å². The zero-order valence-corrected chi connectivity index (χ0v) is 22.7. The number of ether oxygens (including phenoxy) is 1. The van der Waals surface area contributed by atoms with E-state index in [0.717, 1.165) is 44.6 Å². The number of hydrogen-bond donors (Lipinski definition) is 0. The summed E-state index contributed by atoms with van der Waals surface area (Å²) in [7, 11) is 0. The van der Waals surface area contributed by atoms with Gasteiger partial charge in [0.2, 0.25) is 0 Å². The zero-order chi connectivity index (χ0) is 30.5. The average molecular weight is 548 g/mol. The van der Waals surface area contributed by atoms with E-state index in [1.165, 1.54) is 0 Å². The van der Waals surface area contributed by atoms with Crippen molar-refractivity contribution in [3.63, 3.8) is 0 Å². The molecule has 0 saturated carbocycles. The number of aryl methyl sites for hydroxylation is 1. The van der Waals surface area contributed by atoms with E-state index in [-0.39, 0.29) is 5.56 Å². The molecule has 5 aromatic carbocycles. The summed E-state index contributed by atoms with van der Waals surface area (Å²) in [6.07, 6.45) is 1.55. The molecule has 42 heavy (non-hydrogen) atoms.